The molecule has 4 N–H and O–H groups in total. The van der Waals surface area contributed by atoms with Crippen molar-refractivity contribution in [3.8, 4) is 11.1 Å². The number of aliphatic hydroxyl groups is 1. The fourth-order valence-corrected chi connectivity index (χ4v) is 2.38. The van der Waals surface area contributed by atoms with Crippen LogP contribution in [0.4, 0.5) is 5.69 Å². The van der Waals surface area contributed by atoms with Crippen LogP contribution in [0.1, 0.15) is 38.5 Å². The summed E-state index contributed by atoms with van der Waals surface area (Å²) in [6.45, 7) is -6.21. The molecule has 0 bridgehead atoms. The van der Waals surface area contributed by atoms with Gasteiger partial charge in [0.15, 0.2) is 0 Å². The second kappa shape index (κ2) is 10.1. The molecule has 0 radical (unpaired) electrons. The number of hydrogen-bond acceptors (Lipinski definition) is 4. The number of hydrogen-bond donors (Lipinski definition) is 4. The van der Waals surface area contributed by atoms with Gasteiger partial charge in [0.05, 0.1) is 22.6 Å². The van der Waals surface area contributed by atoms with Gasteiger partial charge < -0.3 is 20.8 Å². The summed E-state index contributed by atoms with van der Waals surface area (Å²) in [6, 6.07) is 0.123. The number of halogens is 1. The van der Waals surface area contributed by atoms with E-state index in [9.17, 15) is 15.0 Å². The predicted octanol–water partition coefficient (Wildman–Crippen LogP) is 4.44. The number of benzene rings is 3. The molecule has 0 saturated carbocycles. The topological polar surface area (TPSA) is 81.6 Å². The summed E-state index contributed by atoms with van der Waals surface area (Å²) in [7, 11) is 0. The van der Waals surface area contributed by atoms with Crippen molar-refractivity contribution in [1.82, 2.24) is 5.32 Å². The van der Waals surface area contributed by atoms with E-state index in [1.54, 1.807) is 0 Å². The zero-order valence-electron chi connectivity index (χ0n) is 26.8. The van der Waals surface area contributed by atoms with Crippen LogP contribution in [-0.2, 0) is 0 Å². The highest BCUT2D eigenvalue weighted by Gasteiger charge is 2.07. The van der Waals surface area contributed by atoms with Crippen molar-refractivity contribution in [3.05, 3.63) is 88.8 Å². The molecular formula is C23H23ClN2O3. The molecule has 0 heterocycles. The van der Waals surface area contributed by atoms with Crippen LogP contribution >= 0.6 is 11.6 Å². The Morgan fingerprint density at radius 1 is 1.17 bits per heavy atom. The van der Waals surface area contributed by atoms with Crippen molar-refractivity contribution in [2.24, 2.45) is 0 Å². The van der Waals surface area contributed by atoms with Crippen molar-refractivity contribution in [1.29, 1.82) is 0 Å². The second-order valence-electron chi connectivity index (χ2n) is 5.57. The van der Waals surface area contributed by atoms with Crippen LogP contribution in [0.3, 0.4) is 0 Å². The number of anilines is 1. The number of aromatic carboxylic acids is 1. The Bertz CT molecular complexity index is 1510. The number of rotatable bonds is 9. The summed E-state index contributed by atoms with van der Waals surface area (Å²) < 4.78 is 96.3. The van der Waals surface area contributed by atoms with Gasteiger partial charge >= 0.3 is 5.97 Å². The zero-order valence-corrected chi connectivity index (χ0v) is 15.5. The van der Waals surface area contributed by atoms with Gasteiger partial charge in [0, 0.05) is 35.7 Å². The third-order valence-corrected chi connectivity index (χ3v) is 3.74. The first kappa shape index (κ1) is 10.3. The maximum Gasteiger partial charge on any atom is 0.335 e. The molecule has 5 nitrogen and oxygen atoms in total. The highest BCUT2D eigenvalue weighted by atomic mass is 35.5. The summed E-state index contributed by atoms with van der Waals surface area (Å²) in [6.07, 6.45) is -2.32. The molecule has 0 amide bonds. The van der Waals surface area contributed by atoms with E-state index in [2.05, 4.69) is 5.32 Å². The van der Waals surface area contributed by atoms with Crippen LogP contribution in [0.5, 0.6) is 0 Å². The van der Waals surface area contributed by atoms with E-state index in [4.69, 9.17) is 28.1 Å². The molecule has 6 heteroatoms. The van der Waals surface area contributed by atoms with E-state index in [1.165, 1.54) is 24.3 Å². The molecule has 0 saturated heterocycles. The Hall–Kier alpha value is -2.86. The molecule has 0 aliphatic rings. The first-order chi connectivity index (χ1) is 18.8. The second-order valence-corrected chi connectivity index (χ2v) is 5.94. The van der Waals surface area contributed by atoms with Crippen LogP contribution in [0.2, 0.25) is 5.02 Å². The van der Waals surface area contributed by atoms with E-state index >= 15 is 0 Å². The maximum atomic E-state index is 11.6. The number of carboxylic acid groups (broad SMARTS) is 1. The van der Waals surface area contributed by atoms with E-state index in [-0.39, 0.29) is 16.8 Å². The summed E-state index contributed by atoms with van der Waals surface area (Å²) >= 11 is 5.83. The molecule has 3 aromatic rings. The minimum absolute atomic E-state index is 0.132. The number of nitrogens with one attached hydrogen (secondary N) is 2. The highest BCUT2D eigenvalue weighted by Crippen LogP contribution is 2.23. The molecule has 3 rings (SSSR count). The first-order valence-corrected chi connectivity index (χ1v) is 8.61. The fourth-order valence-electron chi connectivity index (χ4n) is 2.23. The van der Waals surface area contributed by atoms with Gasteiger partial charge in [-0.2, -0.15) is 0 Å². The van der Waals surface area contributed by atoms with E-state index in [1.807, 2.05) is 5.32 Å². The Balaban J connectivity index is 1.87. The maximum absolute atomic E-state index is 11.6. The molecule has 150 valence electrons. The summed E-state index contributed by atoms with van der Waals surface area (Å²) in [4.78, 5) is 11.6. The average Bonchev–Trinajstić information content (AvgIpc) is 2.88. The molecule has 0 spiro atoms. The third kappa shape index (κ3) is 6.06. The highest BCUT2D eigenvalue weighted by molar-refractivity contribution is 6.30. The van der Waals surface area contributed by atoms with Gasteiger partial charge in [0.2, 0.25) is 0 Å². The van der Waals surface area contributed by atoms with E-state index < -0.39 is 96.1 Å². The smallest absolute Gasteiger partial charge is 0.335 e. The lowest BCUT2D eigenvalue weighted by molar-refractivity contribution is 0.0697. The minimum atomic E-state index is -2.99. The van der Waals surface area contributed by atoms with Gasteiger partial charge in [-0.25, -0.2) is 4.79 Å². The lowest BCUT2D eigenvalue weighted by atomic mass is 10.0. The quantitative estimate of drug-likeness (QED) is 0.410. The first-order valence-electron chi connectivity index (χ1n) is 14.2. The normalized spacial score (nSPS) is 18.7. The SMILES string of the molecule is [2H]c1c([2H])c(C(=O)O)c([2H])c(-c2cccc(NCC([2H])([2H])NC([2H])([2H])[C@H](O)c3c([2H])c([2H])c([2H])c(Cl)c3[2H])c2)c1[2H]. The lowest BCUT2D eigenvalue weighted by Crippen LogP contribution is -2.26. The Morgan fingerprint density at radius 2 is 2.00 bits per heavy atom. The summed E-state index contributed by atoms with van der Waals surface area (Å²) in [5.74, 6) is -1.60. The van der Waals surface area contributed by atoms with Crippen molar-refractivity contribution in [2.45, 2.75) is 6.10 Å². The lowest BCUT2D eigenvalue weighted by Gasteiger charge is -2.13. The van der Waals surface area contributed by atoms with Crippen molar-refractivity contribution >= 4 is 23.3 Å². The van der Waals surface area contributed by atoms with Gasteiger partial charge in [0.25, 0.3) is 0 Å². The Kier molecular flexibility index (Phi) is 3.56. The third-order valence-electron chi connectivity index (χ3n) is 3.56. The van der Waals surface area contributed by atoms with Crippen LogP contribution in [0.15, 0.2) is 72.6 Å². The van der Waals surface area contributed by atoms with E-state index in [0.29, 0.717) is 0 Å². The van der Waals surface area contributed by atoms with Crippen molar-refractivity contribution < 1.29 is 31.5 Å². The minimum Gasteiger partial charge on any atom is -0.478 e. The average molecular weight is 423 g/mol. The zero-order chi connectivity index (χ0) is 31.2. The Labute approximate surface area is 191 Å². The van der Waals surface area contributed by atoms with Crippen LogP contribution < -0.4 is 10.6 Å². The van der Waals surface area contributed by atoms with Crippen LogP contribution in [0.25, 0.3) is 11.1 Å². The van der Waals surface area contributed by atoms with Crippen LogP contribution in [0, 0.1) is 0 Å². The monoisotopic (exact) mass is 422 g/mol. The Morgan fingerprint density at radius 3 is 2.83 bits per heavy atom. The van der Waals surface area contributed by atoms with Crippen molar-refractivity contribution in [3.63, 3.8) is 0 Å². The molecular weight excluding hydrogens is 388 g/mol. The van der Waals surface area contributed by atoms with Crippen LogP contribution in [-0.4, -0.2) is 35.7 Å². The number of carbonyl (C=O) groups is 1. The predicted molar refractivity (Wildman–Crippen MR) is 117 cm³/mol. The van der Waals surface area contributed by atoms with Gasteiger partial charge in [0.1, 0.15) is 0 Å². The standard InChI is InChI=1S/C23H23ClN2O3/c24-20-8-2-6-18(13-20)22(27)15-25-10-11-26-21-9-3-5-17(14-21)16-4-1-7-19(12-16)23(28)29/h1-9,12-14,22,25-27H,10-11,15H2,(H,28,29)/t22-/m0/s1/i1D,2D,4D,6D,7D,8D,10D2,12D,13D,15D2. The molecule has 0 fully saturated rings. The molecule has 3 aromatic carbocycles. The molecule has 0 aromatic heterocycles. The molecule has 0 aliphatic heterocycles. The van der Waals surface area contributed by atoms with Gasteiger partial charge in [-0.1, -0.05) is 47.9 Å². The molecule has 0 aliphatic carbocycles. The number of carboxylic acids is 1. The van der Waals surface area contributed by atoms with E-state index in [0.717, 1.165) is 0 Å². The van der Waals surface area contributed by atoms with Gasteiger partial charge in [-0.3, -0.25) is 0 Å². The largest absolute Gasteiger partial charge is 0.478 e. The molecule has 0 unspecified atom stereocenters. The van der Waals surface area contributed by atoms with Gasteiger partial charge in [-0.15, -0.1) is 0 Å². The number of aliphatic hydroxyl groups excluding tert-OH is 1. The summed E-state index contributed by atoms with van der Waals surface area (Å²) in [5, 5.41) is 24.1. The molecule has 1 atom stereocenters. The fraction of sp³-hybridized carbons (Fsp3) is 0.174. The van der Waals surface area contributed by atoms with Gasteiger partial charge in [-0.05, 0) is 53.0 Å². The van der Waals surface area contributed by atoms with Crippen molar-refractivity contribution in [2.75, 3.05) is 24.9 Å². The molecule has 29 heavy (non-hydrogen) atoms. The summed E-state index contributed by atoms with van der Waals surface area (Å²) in [5.41, 5.74) is -1.34.